The summed E-state index contributed by atoms with van der Waals surface area (Å²) in [5, 5.41) is 1.98. The molecule has 0 atom stereocenters. The van der Waals surface area contributed by atoms with E-state index in [9.17, 15) is 8.42 Å². The number of nitrogens with one attached hydrogen (secondary N) is 1. The van der Waals surface area contributed by atoms with Crippen LogP contribution in [0.5, 0.6) is 0 Å². The van der Waals surface area contributed by atoms with Gasteiger partial charge in [-0.3, -0.25) is 0 Å². The van der Waals surface area contributed by atoms with Crippen LogP contribution < -0.4 is 4.72 Å². The third-order valence-corrected chi connectivity index (χ3v) is 6.83. The van der Waals surface area contributed by atoms with Crippen molar-refractivity contribution in [3.8, 4) is 0 Å². The Balaban J connectivity index is 2.10. The lowest BCUT2D eigenvalue weighted by atomic mass is 9.92. The molecule has 0 amide bonds. The molecule has 0 aromatic carbocycles. The quantitative estimate of drug-likeness (QED) is 0.912. The molecule has 0 saturated heterocycles. The van der Waals surface area contributed by atoms with Crippen molar-refractivity contribution in [2.75, 3.05) is 6.54 Å². The number of thiazole rings is 1. The molecular weight excluding hydrogens is 324 g/mol. The van der Waals surface area contributed by atoms with Crippen LogP contribution in [-0.4, -0.2) is 19.9 Å². The predicted octanol–water partition coefficient (Wildman–Crippen LogP) is 3.11. The minimum atomic E-state index is -3.54. The average Bonchev–Trinajstić information content (AvgIpc) is 2.97. The first kappa shape index (κ1) is 14.9. The van der Waals surface area contributed by atoms with Crippen LogP contribution in [-0.2, 0) is 15.4 Å². The summed E-state index contributed by atoms with van der Waals surface area (Å²) in [5.74, 6) is 0. The molecule has 4 nitrogen and oxygen atoms in total. The predicted molar refractivity (Wildman–Crippen MR) is 79.7 cm³/mol. The van der Waals surface area contributed by atoms with Crippen molar-refractivity contribution in [1.82, 2.24) is 9.71 Å². The van der Waals surface area contributed by atoms with Gasteiger partial charge in [-0.05, 0) is 11.4 Å². The molecule has 19 heavy (non-hydrogen) atoms. The minimum absolute atomic E-state index is 0.138. The van der Waals surface area contributed by atoms with Gasteiger partial charge in [-0.2, -0.15) is 0 Å². The van der Waals surface area contributed by atoms with Gasteiger partial charge < -0.3 is 0 Å². The molecule has 104 valence electrons. The Morgan fingerprint density at radius 3 is 2.74 bits per heavy atom. The highest BCUT2D eigenvalue weighted by Crippen LogP contribution is 2.28. The van der Waals surface area contributed by atoms with Gasteiger partial charge in [-0.25, -0.2) is 18.1 Å². The van der Waals surface area contributed by atoms with Crippen LogP contribution in [0, 0.1) is 0 Å². The summed E-state index contributed by atoms with van der Waals surface area (Å²) in [7, 11) is -3.54. The van der Waals surface area contributed by atoms with Gasteiger partial charge in [-0.15, -0.1) is 11.3 Å². The fourth-order valence-electron chi connectivity index (χ4n) is 1.46. The summed E-state index contributed by atoms with van der Waals surface area (Å²) >= 11 is 8.22. The van der Waals surface area contributed by atoms with Gasteiger partial charge >= 0.3 is 0 Å². The first-order valence-electron chi connectivity index (χ1n) is 5.46. The third kappa shape index (κ3) is 3.55. The first-order valence-corrected chi connectivity index (χ1v) is 9.02. The molecule has 1 N–H and O–H groups in total. The maximum absolute atomic E-state index is 12.1. The van der Waals surface area contributed by atoms with Crippen molar-refractivity contribution in [3.05, 3.63) is 33.1 Å². The number of rotatable bonds is 5. The molecule has 0 aliphatic heterocycles. The zero-order chi connectivity index (χ0) is 14.1. The average molecular weight is 337 g/mol. The van der Waals surface area contributed by atoms with Gasteiger partial charge in [0.15, 0.2) is 8.68 Å². The van der Waals surface area contributed by atoms with Gasteiger partial charge in [0.2, 0.25) is 0 Å². The molecule has 2 rings (SSSR count). The molecule has 0 bridgehead atoms. The van der Waals surface area contributed by atoms with Crippen molar-refractivity contribution >= 4 is 44.3 Å². The van der Waals surface area contributed by atoms with E-state index in [0.717, 1.165) is 16.2 Å². The van der Waals surface area contributed by atoms with Crippen LogP contribution in [0.3, 0.4) is 0 Å². The van der Waals surface area contributed by atoms with Gasteiger partial charge in [-0.1, -0.05) is 42.9 Å². The maximum Gasteiger partial charge on any atom is 0.251 e. The van der Waals surface area contributed by atoms with E-state index < -0.39 is 10.0 Å². The number of hydrogen-bond donors (Lipinski definition) is 1. The normalized spacial score (nSPS) is 12.8. The molecule has 2 aromatic rings. The molecule has 2 aromatic heterocycles. The van der Waals surface area contributed by atoms with Gasteiger partial charge in [0.25, 0.3) is 10.0 Å². The van der Waals surface area contributed by atoms with E-state index in [1.807, 2.05) is 31.4 Å². The number of thiophene rings is 1. The highest BCUT2D eigenvalue weighted by atomic mass is 35.5. The second-order valence-corrected chi connectivity index (χ2v) is 9.17. The smallest absolute Gasteiger partial charge is 0.232 e. The Bertz CT molecular complexity index is 647. The zero-order valence-corrected chi connectivity index (χ0v) is 13.6. The number of nitrogens with zero attached hydrogens (tertiary/aromatic N) is 1. The second kappa shape index (κ2) is 5.49. The topological polar surface area (TPSA) is 59.1 Å². The van der Waals surface area contributed by atoms with E-state index in [2.05, 4.69) is 9.71 Å². The van der Waals surface area contributed by atoms with E-state index in [1.165, 1.54) is 6.20 Å². The maximum atomic E-state index is 12.1. The highest BCUT2D eigenvalue weighted by Gasteiger charge is 2.26. The van der Waals surface area contributed by atoms with Crippen LogP contribution in [0.4, 0.5) is 0 Å². The number of aromatic nitrogens is 1. The van der Waals surface area contributed by atoms with Crippen molar-refractivity contribution in [2.24, 2.45) is 0 Å². The van der Waals surface area contributed by atoms with Crippen molar-refractivity contribution < 1.29 is 8.42 Å². The monoisotopic (exact) mass is 336 g/mol. The molecule has 0 aliphatic carbocycles. The molecule has 0 spiro atoms. The molecule has 0 unspecified atom stereocenters. The summed E-state index contributed by atoms with van der Waals surface area (Å²) < 4.78 is 27.1. The van der Waals surface area contributed by atoms with Crippen LogP contribution >= 0.6 is 34.3 Å². The van der Waals surface area contributed by atoms with E-state index in [1.54, 1.807) is 11.3 Å². The SMILES string of the molecule is CC(C)(CNS(=O)(=O)c1cnc(Cl)s1)c1cccs1. The lowest BCUT2D eigenvalue weighted by Gasteiger charge is -2.23. The highest BCUT2D eigenvalue weighted by molar-refractivity contribution is 7.91. The van der Waals surface area contributed by atoms with E-state index in [4.69, 9.17) is 11.6 Å². The van der Waals surface area contributed by atoms with Crippen molar-refractivity contribution in [2.45, 2.75) is 23.5 Å². The Morgan fingerprint density at radius 2 is 2.21 bits per heavy atom. The van der Waals surface area contributed by atoms with Crippen LogP contribution in [0.15, 0.2) is 27.9 Å². The Hall–Kier alpha value is -0.470. The number of sulfonamides is 1. The van der Waals surface area contributed by atoms with Crippen molar-refractivity contribution in [1.29, 1.82) is 0 Å². The lowest BCUT2D eigenvalue weighted by molar-refractivity contribution is 0.510. The molecule has 0 aliphatic rings. The zero-order valence-electron chi connectivity index (χ0n) is 10.4. The summed E-state index contributed by atoms with van der Waals surface area (Å²) in [6.45, 7) is 4.33. The lowest BCUT2D eigenvalue weighted by Crippen LogP contribution is -2.35. The number of halogens is 1. The van der Waals surface area contributed by atoms with Crippen LogP contribution in [0.1, 0.15) is 18.7 Å². The molecule has 2 heterocycles. The first-order chi connectivity index (χ1) is 8.81. The van der Waals surface area contributed by atoms with Gasteiger partial charge in [0, 0.05) is 16.8 Å². The van der Waals surface area contributed by atoms with E-state index in [0.29, 0.717) is 6.54 Å². The van der Waals surface area contributed by atoms with Gasteiger partial charge in [0.05, 0.1) is 6.20 Å². The van der Waals surface area contributed by atoms with E-state index >= 15 is 0 Å². The molecule has 8 heteroatoms. The Labute approximate surface area is 125 Å². The Morgan fingerprint density at radius 1 is 1.47 bits per heavy atom. The standard InChI is InChI=1S/C11H13ClN2O2S3/c1-11(2,8-4-3-5-17-8)7-14-19(15,16)9-6-13-10(12)18-9/h3-6,14H,7H2,1-2H3. The molecule has 0 fully saturated rings. The van der Waals surface area contributed by atoms with Gasteiger partial charge in [0.1, 0.15) is 0 Å². The van der Waals surface area contributed by atoms with Crippen LogP contribution in [0.2, 0.25) is 4.47 Å². The summed E-state index contributed by atoms with van der Waals surface area (Å²) in [5.41, 5.74) is -0.254. The molecule has 0 saturated carbocycles. The fraction of sp³-hybridized carbons (Fsp3) is 0.364. The second-order valence-electron chi connectivity index (χ2n) is 4.62. The molecular formula is C11H13ClN2O2S3. The summed E-state index contributed by atoms with van der Waals surface area (Å²) in [6, 6.07) is 3.96. The molecule has 0 radical (unpaired) electrons. The third-order valence-electron chi connectivity index (χ3n) is 2.61. The summed E-state index contributed by atoms with van der Waals surface area (Å²) in [6.07, 6.45) is 1.27. The fourth-order valence-corrected chi connectivity index (χ4v) is 4.86. The van der Waals surface area contributed by atoms with E-state index in [-0.39, 0.29) is 14.1 Å². The Kier molecular flexibility index (Phi) is 4.32. The minimum Gasteiger partial charge on any atom is -0.232 e. The largest absolute Gasteiger partial charge is 0.251 e. The summed E-state index contributed by atoms with van der Waals surface area (Å²) in [4.78, 5) is 4.88. The van der Waals surface area contributed by atoms with Crippen LogP contribution in [0.25, 0.3) is 0 Å². The van der Waals surface area contributed by atoms with Crippen molar-refractivity contribution in [3.63, 3.8) is 0 Å². The number of hydrogen-bond acceptors (Lipinski definition) is 5.